The standard InChI is InChI=1S/C21H21F2N5O3/c1-10-4-14(17(15(22)5-10)19-27-12(3)31-28-19)13-6-16(23)18(25-7-13)11(2)26-20(29)21(24)8-30-9-21/h4-7,11H,8-9,24H2,1-3H3,(H,26,29)/t11-/m1/s1. The first-order valence-corrected chi connectivity index (χ1v) is 9.62. The number of pyridine rings is 1. The molecule has 0 aliphatic carbocycles. The molecule has 1 aromatic carbocycles. The molecule has 1 aliphatic rings. The summed E-state index contributed by atoms with van der Waals surface area (Å²) in [5, 5.41) is 6.45. The van der Waals surface area contributed by atoms with Crippen molar-refractivity contribution in [2.45, 2.75) is 32.4 Å². The lowest BCUT2D eigenvalue weighted by Crippen LogP contribution is -2.66. The number of ether oxygens (including phenoxy) is 1. The molecule has 0 saturated carbocycles. The van der Waals surface area contributed by atoms with Crippen molar-refractivity contribution in [1.29, 1.82) is 0 Å². The van der Waals surface area contributed by atoms with Crippen LogP contribution in [0.25, 0.3) is 22.5 Å². The van der Waals surface area contributed by atoms with Crippen molar-refractivity contribution in [3.05, 3.63) is 53.2 Å². The molecule has 3 heterocycles. The van der Waals surface area contributed by atoms with Crippen LogP contribution in [-0.2, 0) is 9.53 Å². The molecule has 1 fully saturated rings. The Morgan fingerprint density at radius 3 is 2.55 bits per heavy atom. The second-order valence-electron chi connectivity index (χ2n) is 7.74. The maximum Gasteiger partial charge on any atom is 0.245 e. The summed E-state index contributed by atoms with van der Waals surface area (Å²) >= 11 is 0. The summed E-state index contributed by atoms with van der Waals surface area (Å²) < 4.78 is 39.7. The van der Waals surface area contributed by atoms with Gasteiger partial charge in [-0.1, -0.05) is 11.2 Å². The SMILES string of the molecule is Cc1cc(F)c(-c2noc(C)n2)c(-c2cnc([C@@H](C)NC(=O)C3(N)COC3)c(F)c2)c1. The lowest BCUT2D eigenvalue weighted by atomic mass is 9.96. The number of nitrogens with zero attached hydrogens (tertiary/aromatic N) is 3. The Labute approximate surface area is 176 Å². The molecule has 0 unspecified atom stereocenters. The van der Waals surface area contributed by atoms with Crippen LogP contribution in [0.3, 0.4) is 0 Å². The van der Waals surface area contributed by atoms with Crippen LogP contribution in [0.4, 0.5) is 8.78 Å². The second-order valence-corrected chi connectivity index (χ2v) is 7.74. The van der Waals surface area contributed by atoms with Gasteiger partial charge in [0.25, 0.3) is 0 Å². The van der Waals surface area contributed by atoms with Crippen LogP contribution >= 0.6 is 0 Å². The lowest BCUT2D eigenvalue weighted by molar-refractivity contribution is -0.144. The molecule has 3 N–H and O–H groups in total. The molecular weight excluding hydrogens is 408 g/mol. The number of rotatable bonds is 5. The number of hydrogen-bond acceptors (Lipinski definition) is 7. The van der Waals surface area contributed by atoms with Crippen molar-refractivity contribution in [2.24, 2.45) is 5.73 Å². The minimum absolute atomic E-state index is 0.0334. The van der Waals surface area contributed by atoms with E-state index >= 15 is 0 Å². The van der Waals surface area contributed by atoms with E-state index in [1.165, 1.54) is 18.3 Å². The molecule has 1 saturated heterocycles. The first-order chi connectivity index (χ1) is 14.7. The molecule has 0 radical (unpaired) electrons. The number of nitrogens with two attached hydrogens (primary N) is 1. The Morgan fingerprint density at radius 1 is 1.23 bits per heavy atom. The van der Waals surface area contributed by atoms with E-state index in [0.29, 0.717) is 16.7 Å². The fraction of sp³-hybridized carbons (Fsp3) is 0.333. The molecule has 2 aromatic heterocycles. The van der Waals surface area contributed by atoms with Crippen LogP contribution in [0.15, 0.2) is 28.9 Å². The van der Waals surface area contributed by atoms with Gasteiger partial charge in [0.2, 0.25) is 17.6 Å². The molecule has 0 bridgehead atoms. The summed E-state index contributed by atoms with van der Waals surface area (Å²) in [7, 11) is 0. The summed E-state index contributed by atoms with van der Waals surface area (Å²) in [6.07, 6.45) is 1.41. The fourth-order valence-corrected chi connectivity index (χ4v) is 3.37. The van der Waals surface area contributed by atoms with E-state index in [9.17, 15) is 13.6 Å². The highest BCUT2D eigenvalue weighted by Crippen LogP contribution is 2.34. The molecule has 1 amide bonds. The topological polar surface area (TPSA) is 116 Å². The molecule has 10 heteroatoms. The highest BCUT2D eigenvalue weighted by atomic mass is 19.1. The summed E-state index contributed by atoms with van der Waals surface area (Å²) in [4.78, 5) is 20.6. The fourth-order valence-electron chi connectivity index (χ4n) is 3.37. The molecular formula is C21H21F2N5O3. The smallest absolute Gasteiger partial charge is 0.245 e. The van der Waals surface area contributed by atoms with Crippen molar-refractivity contribution in [2.75, 3.05) is 13.2 Å². The third-order valence-electron chi connectivity index (χ3n) is 5.10. The van der Waals surface area contributed by atoms with Crippen LogP contribution in [0, 0.1) is 25.5 Å². The zero-order valence-electron chi connectivity index (χ0n) is 17.2. The maximum absolute atomic E-state index is 15.0. The number of carbonyl (C=O) groups excluding carboxylic acids is 1. The zero-order chi connectivity index (χ0) is 22.3. The molecule has 1 aliphatic heterocycles. The predicted octanol–water partition coefficient (Wildman–Crippen LogP) is 2.60. The normalized spacial score (nSPS) is 15.9. The number of benzene rings is 1. The molecule has 31 heavy (non-hydrogen) atoms. The number of amides is 1. The van der Waals surface area contributed by atoms with E-state index in [-0.39, 0.29) is 36.2 Å². The van der Waals surface area contributed by atoms with Gasteiger partial charge in [0, 0.05) is 18.7 Å². The minimum Gasteiger partial charge on any atom is -0.376 e. The van der Waals surface area contributed by atoms with Gasteiger partial charge in [-0.15, -0.1) is 0 Å². The van der Waals surface area contributed by atoms with Gasteiger partial charge in [-0.25, -0.2) is 8.78 Å². The Kier molecular flexibility index (Phi) is 5.28. The van der Waals surface area contributed by atoms with Crippen LogP contribution in [0.2, 0.25) is 0 Å². The molecule has 0 spiro atoms. The van der Waals surface area contributed by atoms with Crippen LogP contribution in [0.5, 0.6) is 0 Å². The Bertz CT molecular complexity index is 1160. The van der Waals surface area contributed by atoms with Gasteiger partial charge in [0.05, 0.1) is 30.5 Å². The number of hydrogen-bond donors (Lipinski definition) is 2. The van der Waals surface area contributed by atoms with Gasteiger partial charge < -0.3 is 20.3 Å². The highest BCUT2D eigenvalue weighted by Gasteiger charge is 2.42. The quantitative estimate of drug-likeness (QED) is 0.640. The third kappa shape index (κ3) is 3.91. The number of carbonyl (C=O) groups is 1. The van der Waals surface area contributed by atoms with Gasteiger partial charge in [-0.05, 0) is 37.1 Å². The van der Waals surface area contributed by atoms with E-state index < -0.39 is 29.1 Å². The van der Waals surface area contributed by atoms with E-state index in [0.717, 1.165) is 0 Å². The van der Waals surface area contributed by atoms with E-state index in [1.807, 2.05) is 0 Å². The maximum atomic E-state index is 15.0. The average molecular weight is 429 g/mol. The van der Waals surface area contributed by atoms with Crippen molar-refractivity contribution in [3.63, 3.8) is 0 Å². The summed E-state index contributed by atoms with van der Waals surface area (Å²) in [5.74, 6) is -1.31. The molecule has 3 aromatic rings. The number of nitrogens with one attached hydrogen (secondary N) is 1. The largest absolute Gasteiger partial charge is 0.376 e. The molecule has 1 atom stereocenters. The first-order valence-electron chi connectivity index (χ1n) is 9.62. The van der Waals surface area contributed by atoms with Crippen LogP contribution < -0.4 is 11.1 Å². The van der Waals surface area contributed by atoms with Crippen molar-refractivity contribution in [3.8, 4) is 22.5 Å². The van der Waals surface area contributed by atoms with Crippen molar-refractivity contribution < 1.29 is 22.8 Å². The Hall–Kier alpha value is -3.24. The number of aryl methyl sites for hydroxylation is 2. The molecule has 162 valence electrons. The summed E-state index contributed by atoms with van der Waals surface area (Å²) in [6.45, 7) is 5.14. The number of aromatic nitrogens is 3. The number of halogens is 2. The zero-order valence-corrected chi connectivity index (χ0v) is 17.2. The minimum atomic E-state index is -1.11. The van der Waals surface area contributed by atoms with Gasteiger partial charge in [-0.2, -0.15) is 4.98 Å². The van der Waals surface area contributed by atoms with Gasteiger partial charge in [0.1, 0.15) is 17.2 Å². The van der Waals surface area contributed by atoms with E-state index in [2.05, 4.69) is 20.4 Å². The van der Waals surface area contributed by atoms with E-state index in [1.54, 1.807) is 26.8 Å². The summed E-state index contributed by atoms with van der Waals surface area (Å²) in [6, 6.07) is 3.55. The van der Waals surface area contributed by atoms with Crippen molar-refractivity contribution in [1.82, 2.24) is 20.4 Å². The van der Waals surface area contributed by atoms with Gasteiger partial charge >= 0.3 is 0 Å². The van der Waals surface area contributed by atoms with E-state index in [4.69, 9.17) is 15.0 Å². The molecule has 8 nitrogen and oxygen atoms in total. The second kappa shape index (κ2) is 7.78. The summed E-state index contributed by atoms with van der Waals surface area (Å²) in [5.41, 5.74) is 6.27. The predicted molar refractivity (Wildman–Crippen MR) is 107 cm³/mol. The Morgan fingerprint density at radius 2 is 1.97 bits per heavy atom. The molecule has 4 rings (SSSR count). The Balaban J connectivity index is 1.68. The monoisotopic (exact) mass is 429 g/mol. The lowest BCUT2D eigenvalue weighted by Gasteiger charge is -2.36. The third-order valence-corrected chi connectivity index (χ3v) is 5.10. The van der Waals surface area contributed by atoms with Crippen molar-refractivity contribution >= 4 is 5.91 Å². The highest BCUT2D eigenvalue weighted by molar-refractivity contribution is 5.87. The average Bonchev–Trinajstić information content (AvgIpc) is 3.10. The van der Waals surface area contributed by atoms with Gasteiger partial charge in [-0.3, -0.25) is 9.78 Å². The van der Waals surface area contributed by atoms with Gasteiger partial charge in [0.15, 0.2) is 0 Å². The first kappa shape index (κ1) is 21.0. The van der Waals surface area contributed by atoms with Crippen LogP contribution in [-0.4, -0.2) is 39.8 Å². The van der Waals surface area contributed by atoms with Crippen LogP contribution in [0.1, 0.15) is 30.1 Å².